The molecule has 0 saturated carbocycles. The molecule has 0 aromatic carbocycles. The quantitative estimate of drug-likeness (QED) is 0.681. The van der Waals surface area contributed by atoms with Crippen molar-refractivity contribution in [2.75, 3.05) is 6.61 Å². The van der Waals surface area contributed by atoms with Crippen LogP contribution >= 0.6 is 0 Å². The van der Waals surface area contributed by atoms with Crippen LogP contribution in [0.1, 0.15) is 52.4 Å². The Bertz CT molecular complexity index is 252. The number of allylic oxidation sites excluding steroid dienone is 2. The van der Waals surface area contributed by atoms with Gasteiger partial charge in [0.05, 0.1) is 6.61 Å². The lowest BCUT2D eigenvalue weighted by Gasteiger charge is -2.33. The molecule has 1 nitrogen and oxygen atoms in total. The molecular weight excluding hydrogens is 184 g/mol. The maximum Gasteiger partial charge on any atom is 0.0522 e. The molecule has 0 heterocycles. The SMILES string of the molecule is C=C(C)CCCC1(CO)C=C(C)CCC1. The van der Waals surface area contributed by atoms with Gasteiger partial charge in [0, 0.05) is 5.41 Å². The molecule has 0 radical (unpaired) electrons. The maximum absolute atomic E-state index is 9.56. The molecule has 0 spiro atoms. The summed E-state index contributed by atoms with van der Waals surface area (Å²) in [5.41, 5.74) is 2.78. The summed E-state index contributed by atoms with van der Waals surface area (Å²) in [6.45, 7) is 8.49. The minimum Gasteiger partial charge on any atom is -0.395 e. The largest absolute Gasteiger partial charge is 0.395 e. The van der Waals surface area contributed by atoms with E-state index in [0.717, 1.165) is 25.7 Å². The lowest BCUT2D eigenvalue weighted by atomic mass is 9.74. The molecule has 1 rings (SSSR count). The summed E-state index contributed by atoms with van der Waals surface area (Å²) in [5.74, 6) is 0. The minimum atomic E-state index is 0.0811. The lowest BCUT2D eigenvalue weighted by Crippen LogP contribution is -2.25. The first-order valence-corrected chi connectivity index (χ1v) is 6.01. The highest BCUT2D eigenvalue weighted by molar-refractivity contribution is 5.11. The Morgan fingerprint density at radius 1 is 1.60 bits per heavy atom. The first-order chi connectivity index (χ1) is 7.08. The molecule has 1 N–H and O–H groups in total. The molecule has 0 amide bonds. The molecule has 0 saturated heterocycles. The Labute approximate surface area is 93.9 Å². The van der Waals surface area contributed by atoms with Gasteiger partial charge in [-0.25, -0.2) is 0 Å². The van der Waals surface area contributed by atoms with Crippen LogP contribution in [0.25, 0.3) is 0 Å². The molecule has 1 aliphatic rings. The number of rotatable bonds is 5. The monoisotopic (exact) mass is 208 g/mol. The third kappa shape index (κ3) is 3.83. The van der Waals surface area contributed by atoms with Crippen molar-refractivity contribution >= 4 is 0 Å². The highest BCUT2D eigenvalue weighted by Crippen LogP contribution is 2.38. The summed E-state index contributed by atoms with van der Waals surface area (Å²) in [4.78, 5) is 0. The van der Waals surface area contributed by atoms with Crippen LogP contribution in [-0.4, -0.2) is 11.7 Å². The van der Waals surface area contributed by atoms with Crippen LogP contribution < -0.4 is 0 Å². The lowest BCUT2D eigenvalue weighted by molar-refractivity contribution is 0.139. The fourth-order valence-corrected chi connectivity index (χ4v) is 2.53. The molecule has 15 heavy (non-hydrogen) atoms. The third-order valence-electron chi connectivity index (χ3n) is 3.39. The predicted octanol–water partition coefficient (Wildman–Crippen LogP) is 3.84. The Morgan fingerprint density at radius 3 is 2.87 bits per heavy atom. The zero-order valence-electron chi connectivity index (χ0n) is 10.2. The molecule has 1 atom stereocenters. The van der Waals surface area contributed by atoms with E-state index in [-0.39, 0.29) is 5.41 Å². The molecular formula is C14H24O. The Balaban J connectivity index is 2.52. The van der Waals surface area contributed by atoms with E-state index in [1.54, 1.807) is 0 Å². The first-order valence-electron chi connectivity index (χ1n) is 6.01. The average Bonchev–Trinajstić information content (AvgIpc) is 2.17. The standard InChI is InChI=1S/C14H24O/c1-12(2)6-4-8-14(11-15)9-5-7-13(3)10-14/h10,15H,1,4-9,11H2,2-3H3. The van der Waals surface area contributed by atoms with E-state index in [9.17, 15) is 5.11 Å². The highest BCUT2D eigenvalue weighted by atomic mass is 16.3. The van der Waals surface area contributed by atoms with Crippen molar-refractivity contribution < 1.29 is 5.11 Å². The molecule has 0 aromatic heterocycles. The van der Waals surface area contributed by atoms with E-state index >= 15 is 0 Å². The molecule has 1 aliphatic carbocycles. The highest BCUT2D eigenvalue weighted by Gasteiger charge is 2.28. The summed E-state index contributed by atoms with van der Waals surface area (Å²) in [6.07, 6.45) is 9.26. The van der Waals surface area contributed by atoms with Gasteiger partial charge in [-0.3, -0.25) is 0 Å². The summed E-state index contributed by atoms with van der Waals surface area (Å²) in [5, 5.41) is 9.56. The topological polar surface area (TPSA) is 20.2 Å². The predicted molar refractivity (Wildman–Crippen MR) is 65.8 cm³/mol. The summed E-state index contributed by atoms with van der Waals surface area (Å²) >= 11 is 0. The molecule has 86 valence electrons. The van der Waals surface area contributed by atoms with Crippen LogP contribution in [0.2, 0.25) is 0 Å². The Kier molecular flexibility index (Phi) is 4.59. The van der Waals surface area contributed by atoms with E-state index in [4.69, 9.17) is 0 Å². The number of hydrogen-bond donors (Lipinski definition) is 1. The third-order valence-corrected chi connectivity index (χ3v) is 3.39. The zero-order chi connectivity index (χ0) is 11.3. The van der Waals surface area contributed by atoms with Crippen molar-refractivity contribution in [3.63, 3.8) is 0 Å². The van der Waals surface area contributed by atoms with Gasteiger partial charge in [-0.2, -0.15) is 0 Å². The first kappa shape index (κ1) is 12.5. The van der Waals surface area contributed by atoms with Crippen molar-refractivity contribution in [1.29, 1.82) is 0 Å². The maximum atomic E-state index is 9.56. The number of aliphatic hydroxyl groups excluding tert-OH is 1. The second kappa shape index (κ2) is 5.50. The summed E-state index contributed by atoms with van der Waals surface area (Å²) in [7, 11) is 0. The van der Waals surface area contributed by atoms with Gasteiger partial charge < -0.3 is 5.11 Å². The molecule has 0 aliphatic heterocycles. The van der Waals surface area contributed by atoms with Crippen molar-refractivity contribution in [1.82, 2.24) is 0 Å². The van der Waals surface area contributed by atoms with Gasteiger partial charge >= 0.3 is 0 Å². The van der Waals surface area contributed by atoms with Crippen molar-refractivity contribution in [3.05, 3.63) is 23.8 Å². The summed E-state index contributed by atoms with van der Waals surface area (Å²) < 4.78 is 0. The van der Waals surface area contributed by atoms with Gasteiger partial charge in [-0.05, 0) is 52.4 Å². The fourth-order valence-electron chi connectivity index (χ4n) is 2.53. The van der Waals surface area contributed by atoms with Gasteiger partial charge in [-0.1, -0.05) is 17.2 Å². The minimum absolute atomic E-state index is 0.0811. The molecule has 0 aromatic rings. The second-order valence-corrected chi connectivity index (χ2v) is 5.18. The van der Waals surface area contributed by atoms with Crippen LogP contribution in [0.3, 0.4) is 0 Å². The smallest absolute Gasteiger partial charge is 0.0522 e. The normalized spacial score (nSPS) is 26.2. The van der Waals surface area contributed by atoms with E-state index in [1.165, 1.54) is 24.0 Å². The van der Waals surface area contributed by atoms with Crippen LogP contribution in [-0.2, 0) is 0 Å². The van der Waals surface area contributed by atoms with E-state index < -0.39 is 0 Å². The van der Waals surface area contributed by atoms with Crippen LogP contribution in [0.5, 0.6) is 0 Å². The van der Waals surface area contributed by atoms with Gasteiger partial charge in [0.15, 0.2) is 0 Å². The average molecular weight is 208 g/mol. The number of aliphatic hydroxyl groups is 1. The van der Waals surface area contributed by atoms with Crippen molar-refractivity contribution in [3.8, 4) is 0 Å². The molecule has 0 bridgehead atoms. The molecule has 1 unspecified atom stereocenters. The Hall–Kier alpha value is -0.560. The zero-order valence-corrected chi connectivity index (χ0v) is 10.2. The van der Waals surface area contributed by atoms with E-state index in [1.807, 2.05) is 0 Å². The van der Waals surface area contributed by atoms with E-state index in [2.05, 4.69) is 26.5 Å². The van der Waals surface area contributed by atoms with Crippen molar-refractivity contribution in [2.24, 2.45) is 5.41 Å². The molecule has 1 heteroatoms. The second-order valence-electron chi connectivity index (χ2n) is 5.18. The Morgan fingerprint density at radius 2 is 2.33 bits per heavy atom. The van der Waals surface area contributed by atoms with Gasteiger partial charge in [0.2, 0.25) is 0 Å². The summed E-state index contributed by atoms with van der Waals surface area (Å²) in [6, 6.07) is 0. The van der Waals surface area contributed by atoms with Crippen molar-refractivity contribution in [2.45, 2.75) is 52.4 Å². The molecule has 0 fully saturated rings. The van der Waals surface area contributed by atoms with Crippen LogP contribution in [0, 0.1) is 5.41 Å². The van der Waals surface area contributed by atoms with Crippen LogP contribution in [0.15, 0.2) is 23.8 Å². The van der Waals surface area contributed by atoms with Gasteiger partial charge in [0.1, 0.15) is 0 Å². The van der Waals surface area contributed by atoms with E-state index in [0.29, 0.717) is 6.61 Å². The fraction of sp³-hybridized carbons (Fsp3) is 0.714. The number of hydrogen-bond acceptors (Lipinski definition) is 1. The van der Waals surface area contributed by atoms with Gasteiger partial charge in [-0.15, -0.1) is 6.58 Å². The van der Waals surface area contributed by atoms with Gasteiger partial charge in [0.25, 0.3) is 0 Å². The van der Waals surface area contributed by atoms with Crippen LogP contribution in [0.4, 0.5) is 0 Å².